The van der Waals surface area contributed by atoms with E-state index in [1.807, 2.05) is 0 Å². The zero-order valence-corrected chi connectivity index (χ0v) is 14.1. The molecule has 5 nitrogen and oxygen atoms in total. The molecule has 1 atom stereocenters. The molecule has 1 saturated heterocycles. The number of amides is 1. The highest BCUT2D eigenvalue weighted by molar-refractivity contribution is 6.31. The number of nitrogens with zero attached hydrogens (tertiary/aromatic N) is 3. The Morgan fingerprint density at radius 1 is 1.15 bits per heavy atom. The topological polar surface area (TPSA) is 59.2 Å². The van der Waals surface area contributed by atoms with E-state index < -0.39 is 11.6 Å². The van der Waals surface area contributed by atoms with Gasteiger partial charge in [0.25, 0.3) is 5.89 Å². The van der Waals surface area contributed by atoms with Crippen LogP contribution in [0.1, 0.15) is 18.2 Å². The van der Waals surface area contributed by atoms with Gasteiger partial charge in [-0.2, -0.15) is 4.98 Å². The van der Waals surface area contributed by atoms with Crippen LogP contribution in [0.2, 0.25) is 5.02 Å². The maximum Gasteiger partial charge on any atom is 0.260 e. The fourth-order valence-electron chi connectivity index (χ4n) is 2.93. The molecule has 3 aromatic rings. The third kappa shape index (κ3) is 2.94. The van der Waals surface area contributed by atoms with Gasteiger partial charge in [0, 0.05) is 24.6 Å². The molecule has 0 bridgehead atoms. The molecule has 0 unspecified atom stereocenters. The molecule has 0 saturated carbocycles. The van der Waals surface area contributed by atoms with E-state index in [0.29, 0.717) is 18.1 Å². The second kappa shape index (κ2) is 6.49. The summed E-state index contributed by atoms with van der Waals surface area (Å²) in [6.07, 6.45) is 0.172. The summed E-state index contributed by atoms with van der Waals surface area (Å²) in [6, 6.07) is 10.2. The van der Waals surface area contributed by atoms with Gasteiger partial charge in [-0.25, -0.2) is 8.78 Å². The third-order valence-electron chi connectivity index (χ3n) is 4.25. The highest BCUT2D eigenvalue weighted by Gasteiger charge is 2.35. The summed E-state index contributed by atoms with van der Waals surface area (Å²) in [4.78, 5) is 18.1. The van der Waals surface area contributed by atoms with Gasteiger partial charge < -0.3 is 9.42 Å². The minimum Gasteiger partial charge on any atom is -0.334 e. The first-order valence-corrected chi connectivity index (χ1v) is 8.24. The highest BCUT2D eigenvalue weighted by atomic mass is 35.5. The Morgan fingerprint density at radius 3 is 2.73 bits per heavy atom. The minimum absolute atomic E-state index is 0.0554. The van der Waals surface area contributed by atoms with Crippen LogP contribution in [-0.2, 0) is 4.79 Å². The first-order valence-electron chi connectivity index (χ1n) is 7.87. The molecule has 0 N–H and O–H groups in total. The normalized spacial score (nSPS) is 17.1. The van der Waals surface area contributed by atoms with Crippen molar-refractivity contribution >= 4 is 23.2 Å². The zero-order chi connectivity index (χ0) is 18.3. The lowest BCUT2D eigenvalue weighted by atomic mass is 10.1. The first-order chi connectivity index (χ1) is 12.5. The van der Waals surface area contributed by atoms with E-state index >= 15 is 0 Å². The number of hydrogen-bond donors (Lipinski definition) is 0. The van der Waals surface area contributed by atoms with Crippen LogP contribution < -0.4 is 4.90 Å². The number of benzene rings is 2. The molecule has 2 heterocycles. The van der Waals surface area contributed by atoms with Crippen molar-refractivity contribution in [3.63, 3.8) is 0 Å². The second-order valence-electron chi connectivity index (χ2n) is 5.94. The molecule has 0 aliphatic carbocycles. The van der Waals surface area contributed by atoms with Gasteiger partial charge in [-0.15, -0.1) is 0 Å². The predicted octanol–water partition coefficient (Wildman–Crippen LogP) is 4.19. The van der Waals surface area contributed by atoms with E-state index in [0.717, 1.165) is 0 Å². The van der Waals surface area contributed by atoms with Crippen LogP contribution in [0.5, 0.6) is 0 Å². The molecule has 1 aliphatic rings. The lowest BCUT2D eigenvalue weighted by molar-refractivity contribution is -0.117. The third-order valence-corrected chi connectivity index (χ3v) is 4.54. The van der Waals surface area contributed by atoms with Crippen molar-refractivity contribution in [2.75, 3.05) is 11.4 Å². The van der Waals surface area contributed by atoms with Crippen molar-refractivity contribution in [2.24, 2.45) is 0 Å². The average molecular weight is 376 g/mol. The molecule has 1 amide bonds. The van der Waals surface area contributed by atoms with Crippen molar-refractivity contribution in [3.05, 3.63) is 64.9 Å². The van der Waals surface area contributed by atoms with Crippen molar-refractivity contribution < 1.29 is 18.1 Å². The van der Waals surface area contributed by atoms with Gasteiger partial charge in [-0.3, -0.25) is 4.79 Å². The van der Waals surface area contributed by atoms with Crippen molar-refractivity contribution in [1.29, 1.82) is 0 Å². The summed E-state index contributed by atoms with van der Waals surface area (Å²) >= 11 is 5.79. The molecular formula is C18H12ClF2N3O2. The molecule has 2 aromatic carbocycles. The van der Waals surface area contributed by atoms with Gasteiger partial charge in [0.2, 0.25) is 5.91 Å². The minimum atomic E-state index is -0.550. The van der Waals surface area contributed by atoms with Gasteiger partial charge in [-0.05, 0) is 30.3 Å². The molecule has 1 aliphatic heterocycles. The van der Waals surface area contributed by atoms with E-state index in [1.165, 1.54) is 29.2 Å². The summed E-state index contributed by atoms with van der Waals surface area (Å²) in [5, 5.41) is 3.84. The molecule has 26 heavy (non-hydrogen) atoms. The van der Waals surface area contributed by atoms with Crippen LogP contribution in [0.4, 0.5) is 14.5 Å². The van der Waals surface area contributed by atoms with E-state index in [9.17, 15) is 13.6 Å². The number of hydrogen-bond acceptors (Lipinski definition) is 4. The van der Waals surface area contributed by atoms with Crippen LogP contribution in [0, 0.1) is 11.6 Å². The van der Waals surface area contributed by atoms with Crippen LogP contribution >= 0.6 is 11.6 Å². The van der Waals surface area contributed by atoms with Crippen LogP contribution in [0.3, 0.4) is 0 Å². The van der Waals surface area contributed by atoms with Crippen LogP contribution in [-0.4, -0.2) is 22.6 Å². The Bertz CT molecular complexity index is 992. The number of halogens is 3. The number of rotatable bonds is 3. The molecule has 1 fully saturated rings. The standard InChI is InChI=1S/C18H12ClF2N3O2/c19-13-8-11(5-6-15(13)21)24-9-10(7-16(24)25)17-22-18(26-23-17)12-3-1-2-4-14(12)20/h1-6,8,10H,7,9H2/t10-/m0/s1. The SMILES string of the molecule is O=C1C[C@H](c2noc(-c3ccccc3F)n2)CN1c1ccc(F)c(Cl)c1. The zero-order valence-electron chi connectivity index (χ0n) is 13.3. The number of aromatic nitrogens is 2. The Hall–Kier alpha value is -2.80. The molecule has 0 radical (unpaired) electrons. The Kier molecular flexibility index (Phi) is 4.16. The summed E-state index contributed by atoms with van der Waals surface area (Å²) in [5.74, 6) is -1.09. The van der Waals surface area contributed by atoms with Crippen LogP contribution in [0.25, 0.3) is 11.5 Å². The van der Waals surface area contributed by atoms with E-state index in [1.54, 1.807) is 18.2 Å². The Morgan fingerprint density at radius 2 is 1.96 bits per heavy atom. The van der Waals surface area contributed by atoms with E-state index in [2.05, 4.69) is 10.1 Å². The fraction of sp³-hybridized carbons (Fsp3) is 0.167. The van der Waals surface area contributed by atoms with Crippen molar-refractivity contribution in [2.45, 2.75) is 12.3 Å². The smallest absolute Gasteiger partial charge is 0.260 e. The molecule has 4 rings (SSSR count). The van der Waals surface area contributed by atoms with Gasteiger partial charge in [-0.1, -0.05) is 28.9 Å². The Labute approximate surface area is 152 Å². The van der Waals surface area contributed by atoms with Crippen molar-refractivity contribution in [1.82, 2.24) is 10.1 Å². The number of anilines is 1. The van der Waals surface area contributed by atoms with Gasteiger partial charge in [0.1, 0.15) is 11.6 Å². The maximum atomic E-state index is 13.8. The number of carbonyl (C=O) groups is 1. The average Bonchev–Trinajstić information content (AvgIpc) is 3.25. The summed E-state index contributed by atoms with van der Waals surface area (Å²) < 4.78 is 32.3. The van der Waals surface area contributed by atoms with Crippen molar-refractivity contribution in [3.8, 4) is 11.5 Å². The predicted molar refractivity (Wildman–Crippen MR) is 90.8 cm³/mol. The monoisotopic (exact) mass is 375 g/mol. The summed E-state index contributed by atoms with van der Waals surface area (Å²) in [7, 11) is 0. The highest BCUT2D eigenvalue weighted by Crippen LogP contribution is 2.33. The number of carbonyl (C=O) groups excluding carboxylic acids is 1. The Balaban J connectivity index is 1.58. The van der Waals surface area contributed by atoms with Gasteiger partial charge in [0.05, 0.1) is 10.6 Å². The maximum absolute atomic E-state index is 13.8. The summed E-state index contributed by atoms with van der Waals surface area (Å²) in [6.45, 7) is 0.303. The molecular weight excluding hydrogens is 364 g/mol. The molecule has 0 spiro atoms. The summed E-state index contributed by atoms with van der Waals surface area (Å²) in [5.41, 5.74) is 0.708. The second-order valence-corrected chi connectivity index (χ2v) is 6.35. The molecule has 132 valence electrons. The lowest BCUT2D eigenvalue weighted by Crippen LogP contribution is -2.24. The quantitative estimate of drug-likeness (QED) is 0.688. The first kappa shape index (κ1) is 16.7. The van der Waals surface area contributed by atoms with Gasteiger partial charge in [0.15, 0.2) is 5.82 Å². The molecule has 8 heteroatoms. The van der Waals surface area contributed by atoms with Crippen LogP contribution in [0.15, 0.2) is 47.0 Å². The van der Waals surface area contributed by atoms with E-state index in [4.69, 9.17) is 16.1 Å². The largest absolute Gasteiger partial charge is 0.334 e. The lowest BCUT2D eigenvalue weighted by Gasteiger charge is -2.16. The van der Waals surface area contributed by atoms with E-state index in [-0.39, 0.29) is 34.7 Å². The molecule has 1 aromatic heterocycles. The van der Waals surface area contributed by atoms with Gasteiger partial charge >= 0.3 is 0 Å². The fourth-order valence-corrected chi connectivity index (χ4v) is 3.10.